The molecule has 13 heteroatoms. The average molecular weight is 708 g/mol. The van der Waals surface area contributed by atoms with Crippen molar-refractivity contribution in [3.05, 3.63) is 87.8 Å². The minimum absolute atomic E-state index is 0.0817. The van der Waals surface area contributed by atoms with Crippen LogP contribution in [-0.2, 0) is 22.7 Å². The topological polar surface area (TPSA) is 129 Å². The van der Waals surface area contributed by atoms with Crippen molar-refractivity contribution in [1.82, 2.24) is 25.5 Å². The van der Waals surface area contributed by atoms with Gasteiger partial charge in [0, 0.05) is 66.1 Å². The maximum absolute atomic E-state index is 15.7. The number of hydrogen-bond donors (Lipinski definition) is 4. The van der Waals surface area contributed by atoms with Crippen LogP contribution in [0.1, 0.15) is 36.8 Å². The first-order chi connectivity index (χ1) is 23.7. The molecule has 10 nitrogen and oxygen atoms in total. The highest BCUT2D eigenvalue weighted by atomic mass is 35.5. The average Bonchev–Trinajstić information content (AvgIpc) is 3.52. The highest BCUT2D eigenvalue weighted by Crippen LogP contribution is 2.41. The van der Waals surface area contributed by atoms with Crippen molar-refractivity contribution < 1.29 is 23.8 Å². The molecule has 2 fully saturated rings. The Morgan fingerprint density at radius 2 is 1.78 bits per heavy atom. The summed E-state index contributed by atoms with van der Waals surface area (Å²) in [6, 6.07) is 16.4. The van der Waals surface area contributed by atoms with Crippen LogP contribution in [-0.4, -0.2) is 64.6 Å². The van der Waals surface area contributed by atoms with Gasteiger partial charge in [0.2, 0.25) is 11.8 Å². The van der Waals surface area contributed by atoms with E-state index < -0.39 is 11.8 Å². The molecule has 0 aliphatic carbocycles. The maximum atomic E-state index is 15.7. The zero-order valence-electron chi connectivity index (χ0n) is 26.9. The molecule has 2 aliphatic rings. The van der Waals surface area contributed by atoms with Gasteiger partial charge in [0.1, 0.15) is 5.82 Å². The lowest BCUT2D eigenvalue weighted by Gasteiger charge is -2.30. The van der Waals surface area contributed by atoms with Crippen LogP contribution in [0.25, 0.3) is 22.4 Å². The summed E-state index contributed by atoms with van der Waals surface area (Å²) in [4.78, 5) is 34.0. The number of piperidine rings is 1. The number of aromatic nitrogens is 2. The van der Waals surface area contributed by atoms with E-state index in [1.807, 2.05) is 30.3 Å². The lowest BCUT2D eigenvalue weighted by atomic mass is 9.97. The van der Waals surface area contributed by atoms with Crippen LogP contribution in [0.4, 0.5) is 15.9 Å². The van der Waals surface area contributed by atoms with Crippen LogP contribution in [0.5, 0.6) is 5.88 Å². The van der Waals surface area contributed by atoms with Gasteiger partial charge in [-0.05, 0) is 50.6 Å². The van der Waals surface area contributed by atoms with E-state index in [1.54, 1.807) is 37.6 Å². The number of anilines is 2. The van der Waals surface area contributed by atoms with Gasteiger partial charge in [0.15, 0.2) is 5.82 Å². The number of carbonyl (C=O) groups is 2. The molecule has 2 aromatic carbocycles. The first kappa shape index (κ1) is 34.6. The third-order valence-corrected chi connectivity index (χ3v) is 9.83. The van der Waals surface area contributed by atoms with E-state index in [1.165, 1.54) is 0 Å². The van der Waals surface area contributed by atoms with Crippen molar-refractivity contribution in [2.75, 3.05) is 32.1 Å². The van der Waals surface area contributed by atoms with Crippen molar-refractivity contribution in [1.29, 1.82) is 0 Å². The molecule has 256 valence electrons. The van der Waals surface area contributed by atoms with Gasteiger partial charge in [-0.15, -0.1) is 0 Å². The zero-order chi connectivity index (χ0) is 34.5. The van der Waals surface area contributed by atoms with E-state index >= 15 is 4.39 Å². The molecule has 0 radical (unpaired) electrons. The Morgan fingerprint density at radius 3 is 2.51 bits per heavy atom. The van der Waals surface area contributed by atoms with E-state index in [2.05, 4.69) is 25.8 Å². The summed E-state index contributed by atoms with van der Waals surface area (Å²) in [5, 5.41) is 19.4. The fraction of sp³-hybridized carbons (Fsp3) is 0.333. The fourth-order valence-corrected chi connectivity index (χ4v) is 6.91. The van der Waals surface area contributed by atoms with Crippen molar-refractivity contribution in [2.24, 2.45) is 5.92 Å². The summed E-state index contributed by atoms with van der Waals surface area (Å²) in [6.45, 7) is 2.73. The number of carbonyl (C=O) groups excluding carboxylic acids is 1. The van der Waals surface area contributed by atoms with Gasteiger partial charge in [-0.2, -0.15) is 0 Å². The molecule has 4 N–H and O–H groups in total. The highest BCUT2D eigenvalue weighted by Gasteiger charge is 2.26. The Hall–Kier alpha value is -4.29. The molecule has 2 saturated heterocycles. The highest BCUT2D eigenvalue weighted by molar-refractivity contribution is 6.39. The molecule has 2 aromatic heterocycles. The second-order valence-electron chi connectivity index (χ2n) is 12.3. The Morgan fingerprint density at radius 1 is 1.02 bits per heavy atom. The molecule has 0 spiro atoms. The number of methoxy groups -OCH3 is 1. The van der Waals surface area contributed by atoms with Crippen molar-refractivity contribution >= 4 is 46.6 Å². The molecular weight excluding hydrogens is 670 g/mol. The van der Waals surface area contributed by atoms with E-state index in [-0.39, 0.29) is 34.4 Å². The largest absolute Gasteiger partial charge is 0.481 e. The maximum Gasteiger partial charge on any atom is 0.306 e. The summed E-state index contributed by atoms with van der Waals surface area (Å²) in [6.07, 6.45) is 4.04. The number of benzene rings is 2. The second kappa shape index (κ2) is 15.5. The van der Waals surface area contributed by atoms with E-state index in [0.29, 0.717) is 90.8 Å². The quantitative estimate of drug-likeness (QED) is 0.128. The summed E-state index contributed by atoms with van der Waals surface area (Å²) in [5.41, 5.74) is 4.14. The number of nitrogens with one attached hydrogen (secondary N) is 3. The summed E-state index contributed by atoms with van der Waals surface area (Å²) in [7, 11) is 1.57. The predicted molar refractivity (Wildman–Crippen MR) is 188 cm³/mol. The van der Waals surface area contributed by atoms with Crippen LogP contribution >= 0.6 is 23.2 Å². The molecule has 6 rings (SSSR count). The van der Waals surface area contributed by atoms with E-state index in [4.69, 9.17) is 32.9 Å². The van der Waals surface area contributed by atoms with Crippen LogP contribution in [0.15, 0.2) is 60.8 Å². The SMILES string of the molecule is COc1nc(-c2cccc(-c3ccnc(Nc4cccc(CN5CCC(C(=O)O)CC5)c4F)c3Cl)c2Cl)ccc1CNC[C@H]1CCC(=O)N1. The summed E-state index contributed by atoms with van der Waals surface area (Å²) >= 11 is 13.9. The van der Waals surface area contributed by atoms with Crippen molar-refractivity contribution in [3.8, 4) is 28.3 Å². The van der Waals surface area contributed by atoms with Crippen LogP contribution in [0.3, 0.4) is 0 Å². The number of carboxylic acid groups (broad SMARTS) is 1. The fourth-order valence-electron chi connectivity index (χ4n) is 6.32. The number of nitrogens with zero attached hydrogens (tertiary/aromatic N) is 3. The van der Waals surface area contributed by atoms with Gasteiger partial charge in [-0.25, -0.2) is 14.4 Å². The van der Waals surface area contributed by atoms with Crippen LogP contribution < -0.4 is 20.7 Å². The third-order valence-electron chi connectivity index (χ3n) is 9.04. The minimum atomic E-state index is -0.778. The van der Waals surface area contributed by atoms with Crippen LogP contribution in [0.2, 0.25) is 10.0 Å². The molecule has 4 aromatic rings. The van der Waals surface area contributed by atoms with Crippen molar-refractivity contribution in [3.63, 3.8) is 0 Å². The number of pyridine rings is 2. The molecule has 0 saturated carbocycles. The number of likely N-dealkylation sites (tertiary alicyclic amines) is 1. The van der Waals surface area contributed by atoms with Crippen LogP contribution in [0, 0.1) is 11.7 Å². The number of halogens is 3. The molecule has 49 heavy (non-hydrogen) atoms. The Bertz CT molecular complexity index is 1850. The number of rotatable bonds is 12. The number of aliphatic carboxylic acids is 1. The molecule has 0 bridgehead atoms. The number of carboxylic acids is 1. The van der Waals surface area contributed by atoms with Crippen molar-refractivity contribution in [2.45, 2.75) is 44.8 Å². The zero-order valence-corrected chi connectivity index (χ0v) is 28.5. The Balaban J connectivity index is 1.18. The Kier molecular flexibility index (Phi) is 10.9. The monoisotopic (exact) mass is 706 g/mol. The first-order valence-corrected chi connectivity index (χ1v) is 16.9. The normalized spacial score (nSPS) is 16.8. The second-order valence-corrected chi connectivity index (χ2v) is 13.0. The lowest BCUT2D eigenvalue weighted by Crippen LogP contribution is -2.36. The summed E-state index contributed by atoms with van der Waals surface area (Å²) in [5.74, 6) is -0.735. The molecule has 0 unspecified atom stereocenters. The third kappa shape index (κ3) is 7.96. The van der Waals surface area contributed by atoms with Gasteiger partial charge in [0.05, 0.1) is 34.5 Å². The van der Waals surface area contributed by atoms with Gasteiger partial charge in [-0.3, -0.25) is 14.5 Å². The first-order valence-electron chi connectivity index (χ1n) is 16.2. The number of ether oxygens (including phenoxy) is 1. The number of amides is 1. The standard InChI is InChI=1S/C36H37Cl2FN6O4/c1-49-35-22(18-40-19-24-9-11-30(46)42-24)8-10-28(44-35)27-6-3-5-25(31(27)37)26-12-15-41-34(32(26)38)43-29-7-2-4-23(33(29)39)20-45-16-13-21(14-17-45)36(47)48/h2-8,10,12,15,21,24,40H,9,11,13-14,16-20H2,1H3,(H,41,43)(H,42,46)(H,47,48)/t24-/m1/s1. The van der Waals surface area contributed by atoms with Gasteiger partial charge in [-0.1, -0.05) is 59.6 Å². The smallest absolute Gasteiger partial charge is 0.306 e. The lowest BCUT2D eigenvalue weighted by molar-refractivity contribution is -0.143. The van der Waals surface area contributed by atoms with Gasteiger partial charge < -0.3 is 25.8 Å². The Labute approximate surface area is 294 Å². The molecule has 1 atom stereocenters. The minimum Gasteiger partial charge on any atom is -0.481 e. The van der Waals surface area contributed by atoms with E-state index in [9.17, 15) is 14.7 Å². The predicted octanol–water partition coefficient (Wildman–Crippen LogP) is 6.67. The van der Waals surface area contributed by atoms with Gasteiger partial charge in [0.25, 0.3) is 0 Å². The number of hydrogen-bond acceptors (Lipinski definition) is 8. The van der Waals surface area contributed by atoms with E-state index in [0.717, 1.165) is 12.0 Å². The molecule has 1 amide bonds. The molecule has 4 heterocycles. The molecular formula is C36H37Cl2FN6O4. The molecule has 2 aliphatic heterocycles. The van der Waals surface area contributed by atoms with Gasteiger partial charge >= 0.3 is 5.97 Å². The summed E-state index contributed by atoms with van der Waals surface area (Å²) < 4.78 is 21.3.